The standard InChI is InChI=1S/C16H24N2O/c1-2-18(12-15-4-3-9-19-15)11-13-5-6-16-14(10-13)7-8-17-16/h5-6,10,15,17H,2-4,7-9,11-12H2,1H3. The molecular formula is C16H24N2O. The van der Waals surface area contributed by atoms with Crippen molar-refractivity contribution >= 4 is 5.69 Å². The molecule has 2 aliphatic heterocycles. The summed E-state index contributed by atoms with van der Waals surface area (Å²) in [5.74, 6) is 0. The number of fused-ring (bicyclic) bond motifs is 1. The Morgan fingerprint density at radius 2 is 2.37 bits per heavy atom. The average Bonchev–Trinajstić information content (AvgIpc) is 3.08. The maximum Gasteiger partial charge on any atom is 0.0702 e. The third-order valence-corrected chi connectivity index (χ3v) is 4.22. The first kappa shape index (κ1) is 12.9. The van der Waals surface area contributed by atoms with Gasteiger partial charge in [-0.2, -0.15) is 0 Å². The van der Waals surface area contributed by atoms with Gasteiger partial charge in [0.05, 0.1) is 6.10 Å². The van der Waals surface area contributed by atoms with E-state index in [0.29, 0.717) is 6.10 Å². The quantitative estimate of drug-likeness (QED) is 0.881. The maximum absolute atomic E-state index is 5.75. The SMILES string of the molecule is CCN(Cc1ccc2c(c1)CCN2)CC1CCCO1. The molecule has 1 aromatic rings. The number of anilines is 1. The summed E-state index contributed by atoms with van der Waals surface area (Å²) in [6.45, 7) is 7.49. The predicted octanol–water partition coefficient (Wildman–Crippen LogP) is 2.66. The van der Waals surface area contributed by atoms with E-state index in [1.165, 1.54) is 36.1 Å². The Bertz CT molecular complexity index is 427. The van der Waals surface area contributed by atoms with Gasteiger partial charge in [-0.05, 0) is 43.0 Å². The van der Waals surface area contributed by atoms with Crippen LogP contribution in [0.15, 0.2) is 18.2 Å². The summed E-state index contributed by atoms with van der Waals surface area (Å²) in [4.78, 5) is 2.50. The van der Waals surface area contributed by atoms with E-state index in [0.717, 1.165) is 32.8 Å². The van der Waals surface area contributed by atoms with Gasteiger partial charge in [0.15, 0.2) is 0 Å². The van der Waals surface area contributed by atoms with Crippen LogP contribution in [0.1, 0.15) is 30.9 Å². The molecule has 0 spiro atoms. The van der Waals surface area contributed by atoms with Gasteiger partial charge in [0, 0.05) is 31.9 Å². The molecule has 0 radical (unpaired) electrons. The van der Waals surface area contributed by atoms with Crippen molar-refractivity contribution in [3.05, 3.63) is 29.3 Å². The third kappa shape index (κ3) is 3.10. The number of hydrogen-bond donors (Lipinski definition) is 1. The highest BCUT2D eigenvalue weighted by Gasteiger charge is 2.19. The van der Waals surface area contributed by atoms with Crippen molar-refractivity contribution in [2.24, 2.45) is 0 Å². The molecule has 19 heavy (non-hydrogen) atoms. The molecule has 1 unspecified atom stereocenters. The smallest absolute Gasteiger partial charge is 0.0702 e. The van der Waals surface area contributed by atoms with Crippen LogP contribution in [0.4, 0.5) is 5.69 Å². The number of nitrogens with zero attached hydrogens (tertiary/aromatic N) is 1. The fourth-order valence-electron chi connectivity index (χ4n) is 3.10. The molecular weight excluding hydrogens is 236 g/mol. The van der Waals surface area contributed by atoms with Crippen LogP contribution < -0.4 is 5.32 Å². The summed E-state index contributed by atoms with van der Waals surface area (Å²) in [5.41, 5.74) is 4.24. The first-order valence-electron chi connectivity index (χ1n) is 7.55. The van der Waals surface area contributed by atoms with Crippen molar-refractivity contribution in [3.8, 4) is 0 Å². The van der Waals surface area contributed by atoms with Crippen LogP contribution in [0, 0.1) is 0 Å². The lowest BCUT2D eigenvalue weighted by molar-refractivity contribution is 0.0725. The first-order chi connectivity index (χ1) is 9.35. The Hall–Kier alpha value is -1.06. The zero-order valence-electron chi connectivity index (χ0n) is 11.8. The Labute approximate surface area is 115 Å². The topological polar surface area (TPSA) is 24.5 Å². The van der Waals surface area contributed by atoms with Crippen LogP contribution in [0.3, 0.4) is 0 Å². The van der Waals surface area contributed by atoms with Crippen LogP contribution in [0.5, 0.6) is 0 Å². The van der Waals surface area contributed by atoms with Gasteiger partial charge in [-0.25, -0.2) is 0 Å². The van der Waals surface area contributed by atoms with Gasteiger partial charge in [0.1, 0.15) is 0 Å². The molecule has 1 fully saturated rings. The van der Waals surface area contributed by atoms with Crippen molar-refractivity contribution in [1.29, 1.82) is 0 Å². The van der Waals surface area contributed by atoms with Gasteiger partial charge >= 0.3 is 0 Å². The fraction of sp³-hybridized carbons (Fsp3) is 0.625. The van der Waals surface area contributed by atoms with Crippen molar-refractivity contribution in [1.82, 2.24) is 4.90 Å². The highest BCUT2D eigenvalue weighted by Crippen LogP contribution is 2.24. The highest BCUT2D eigenvalue weighted by molar-refractivity contribution is 5.56. The molecule has 104 valence electrons. The van der Waals surface area contributed by atoms with Crippen molar-refractivity contribution in [3.63, 3.8) is 0 Å². The van der Waals surface area contributed by atoms with Gasteiger partial charge in [0.2, 0.25) is 0 Å². The Morgan fingerprint density at radius 1 is 1.42 bits per heavy atom. The van der Waals surface area contributed by atoms with Crippen molar-refractivity contribution in [2.45, 2.75) is 38.8 Å². The molecule has 0 aromatic heterocycles. The average molecular weight is 260 g/mol. The first-order valence-corrected chi connectivity index (χ1v) is 7.55. The van der Waals surface area contributed by atoms with E-state index >= 15 is 0 Å². The number of hydrogen-bond acceptors (Lipinski definition) is 3. The molecule has 3 nitrogen and oxygen atoms in total. The summed E-state index contributed by atoms with van der Waals surface area (Å²) in [6, 6.07) is 6.86. The molecule has 0 saturated carbocycles. The molecule has 0 aliphatic carbocycles. The summed E-state index contributed by atoms with van der Waals surface area (Å²) in [5, 5.41) is 3.42. The largest absolute Gasteiger partial charge is 0.384 e. The summed E-state index contributed by atoms with van der Waals surface area (Å²) < 4.78 is 5.75. The number of benzene rings is 1. The number of rotatable bonds is 5. The van der Waals surface area contributed by atoms with Crippen molar-refractivity contribution in [2.75, 3.05) is 31.6 Å². The molecule has 2 aliphatic rings. The van der Waals surface area contributed by atoms with E-state index in [9.17, 15) is 0 Å². The van der Waals surface area contributed by atoms with Crippen LogP contribution >= 0.6 is 0 Å². The minimum atomic E-state index is 0.455. The molecule has 1 aromatic carbocycles. The minimum absolute atomic E-state index is 0.455. The summed E-state index contributed by atoms with van der Waals surface area (Å²) in [6.07, 6.45) is 4.08. The second-order valence-corrected chi connectivity index (χ2v) is 5.63. The predicted molar refractivity (Wildman–Crippen MR) is 78.6 cm³/mol. The van der Waals surface area contributed by atoms with Crippen LogP contribution in [0.2, 0.25) is 0 Å². The normalized spacial score (nSPS) is 21.7. The summed E-state index contributed by atoms with van der Waals surface area (Å²) >= 11 is 0. The molecule has 1 atom stereocenters. The maximum atomic E-state index is 5.75. The molecule has 3 rings (SSSR count). The highest BCUT2D eigenvalue weighted by atomic mass is 16.5. The Balaban J connectivity index is 1.61. The zero-order valence-corrected chi connectivity index (χ0v) is 11.8. The van der Waals surface area contributed by atoms with Gasteiger partial charge in [-0.3, -0.25) is 4.90 Å². The lowest BCUT2D eigenvalue weighted by Crippen LogP contribution is -2.31. The second-order valence-electron chi connectivity index (χ2n) is 5.63. The van der Waals surface area contributed by atoms with E-state index < -0.39 is 0 Å². The van der Waals surface area contributed by atoms with E-state index in [1.54, 1.807) is 0 Å². The molecule has 3 heteroatoms. The number of ether oxygens (including phenoxy) is 1. The molecule has 1 N–H and O–H groups in total. The number of likely N-dealkylation sites (N-methyl/N-ethyl adjacent to an activating group) is 1. The molecule has 2 heterocycles. The monoisotopic (exact) mass is 260 g/mol. The molecule has 0 bridgehead atoms. The van der Waals surface area contributed by atoms with Gasteiger partial charge in [-0.15, -0.1) is 0 Å². The summed E-state index contributed by atoms with van der Waals surface area (Å²) in [7, 11) is 0. The van der Waals surface area contributed by atoms with E-state index in [1.807, 2.05) is 0 Å². The van der Waals surface area contributed by atoms with E-state index in [-0.39, 0.29) is 0 Å². The lowest BCUT2D eigenvalue weighted by atomic mass is 10.1. The Morgan fingerprint density at radius 3 is 3.16 bits per heavy atom. The lowest BCUT2D eigenvalue weighted by Gasteiger charge is -2.24. The van der Waals surface area contributed by atoms with E-state index in [4.69, 9.17) is 4.74 Å². The molecule has 0 amide bonds. The fourth-order valence-corrected chi connectivity index (χ4v) is 3.10. The van der Waals surface area contributed by atoms with Crippen LogP contribution in [0.25, 0.3) is 0 Å². The van der Waals surface area contributed by atoms with Crippen molar-refractivity contribution < 1.29 is 4.74 Å². The van der Waals surface area contributed by atoms with E-state index in [2.05, 4.69) is 35.3 Å². The Kier molecular flexibility index (Phi) is 4.04. The second kappa shape index (κ2) is 5.93. The molecule has 1 saturated heterocycles. The van der Waals surface area contributed by atoms with Crippen LogP contribution in [-0.4, -0.2) is 37.2 Å². The number of nitrogens with one attached hydrogen (secondary N) is 1. The van der Waals surface area contributed by atoms with Gasteiger partial charge < -0.3 is 10.1 Å². The minimum Gasteiger partial charge on any atom is -0.384 e. The van der Waals surface area contributed by atoms with Gasteiger partial charge in [-0.1, -0.05) is 19.1 Å². The third-order valence-electron chi connectivity index (χ3n) is 4.22. The zero-order chi connectivity index (χ0) is 13.1. The van der Waals surface area contributed by atoms with Crippen LogP contribution in [-0.2, 0) is 17.7 Å². The van der Waals surface area contributed by atoms with Gasteiger partial charge in [0.25, 0.3) is 0 Å².